The van der Waals surface area contributed by atoms with Gasteiger partial charge in [-0.3, -0.25) is 4.79 Å². The summed E-state index contributed by atoms with van der Waals surface area (Å²) in [5, 5.41) is 8.48. The van der Waals surface area contributed by atoms with Crippen molar-refractivity contribution in [2.24, 2.45) is 5.73 Å². The van der Waals surface area contributed by atoms with Crippen LogP contribution in [0, 0.1) is 11.3 Å². The van der Waals surface area contributed by atoms with E-state index in [2.05, 4.69) is 4.98 Å². The molecule has 1 amide bonds. The molecular weight excluding hydrogens is 192 g/mol. The van der Waals surface area contributed by atoms with E-state index in [-0.39, 0.29) is 5.69 Å². The van der Waals surface area contributed by atoms with Crippen LogP contribution in [0.3, 0.4) is 0 Å². The molecule has 1 aromatic rings. The molecule has 6 heteroatoms. The summed E-state index contributed by atoms with van der Waals surface area (Å²) in [5.41, 5.74) is 3.68. The number of pyridine rings is 1. The highest BCUT2D eigenvalue weighted by atomic mass is 19.3. The third-order valence-corrected chi connectivity index (χ3v) is 1.52. The molecule has 0 aromatic carbocycles. The maximum absolute atomic E-state index is 12.2. The first kappa shape index (κ1) is 10.1. The van der Waals surface area contributed by atoms with Gasteiger partial charge in [0.25, 0.3) is 12.3 Å². The summed E-state index contributed by atoms with van der Waals surface area (Å²) in [6, 6.07) is 3.50. The number of carbonyl (C=O) groups is 1. The van der Waals surface area contributed by atoms with Crippen molar-refractivity contribution in [3.8, 4) is 6.07 Å². The highest BCUT2D eigenvalue weighted by Crippen LogP contribution is 2.21. The summed E-state index contributed by atoms with van der Waals surface area (Å²) in [7, 11) is 0. The molecule has 0 aliphatic heterocycles. The lowest BCUT2D eigenvalue weighted by atomic mass is 10.2. The van der Waals surface area contributed by atoms with E-state index in [0.29, 0.717) is 0 Å². The number of alkyl halides is 2. The molecule has 1 heterocycles. The Morgan fingerprint density at radius 2 is 2.21 bits per heavy atom. The molecule has 72 valence electrons. The van der Waals surface area contributed by atoms with E-state index in [9.17, 15) is 13.6 Å². The van der Waals surface area contributed by atoms with Gasteiger partial charge in [-0.1, -0.05) is 0 Å². The van der Waals surface area contributed by atoms with E-state index >= 15 is 0 Å². The van der Waals surface area contributed by atoms with Gasteiger partial charge in [-0.05, 0) is 12.1 Å². The Morgan fingerprint density at radius 1 is 1.57 bits per heavy atom. The first-order valence-electron chi connectivity index (χ1n) is 3.55. The summed E-state index contributed by atoms with van der Waals surface area (Å²) in [4.78, 5) is 14.0. The first-order chi connectivity index (χ1) is 6.56. The molecule has 0 spiro atoms. The van der Waals surface area contributed by atoms with Gasteiger partial charge in [-0.15, -0.1) is 0 Å². The number of nitrogens with two attached hydrogens (primary N) is 1. The number of amides is 1. The SMILES string of the molecule is N#Cc1nc(C(N)=O)ccc1C(F)F. The predicted molar refractivity (Wildman–Crippen MR) is 42.4 cm³/mol. The van der Waals surface area contributed by atoms with Gasteiger partial charge in [0.15, 0.2) is 0 Å². The van der Waals surface area contributed by atoms with E-state index in [1.165, 1.54) is 6.07 Å². The fourth-order valence-electron chi connectivity index (χ4n) is 0.873. The van der Waals surface area contributed by atoms with Crippen LogP contribution in [-0.4, -0.2) is 10.9 Å². The fourth-order valence-corrected chi connectivity index (χ4v) is 0.873. The van der Waals surface area contributed by atoms with Crippen LogP contribution in [0.1, 0.15) is 28.2 Å². The minimum Gasteiger partial charge on any atom is -0.364 e. The Kier molecular flexibility index (Phi) is 2.72. The molecule has 0 fully saturated rings. The van der Waals surface area contributed by atoms with Crippen LogP contribution < -0.4 is 5.73 Å². The molecule has 2 N–H and O–H groups in total. The molecule has 0 bridgehead atoms. The van der Waals surface area contributed by atoms with Crippen molar-refractivity contribution in [1.29, 1.82) is 5.26 Å². The molecular formula is C8H5F2N3O. The number of aromatic nitrogens is 1. The van der Waals surface area contributed by atoms with Gasteiger partial charge in [0.1, 0.15) is 17.5 Å². The van der Waals surface area contributed by atoms with Gasteiger partial charge >= 0.3 is 0 Å². The van der Waals surface area contributed by atoms with Gasteiger partial charge in [0, 0.05) is 0 Å². The van der Waals surface area contributed by atoms with E-state index in [4.69, 9.17) is 11.0 Å². The molecule has 0 atom stereocenters. The molecule has 4 nitrogen and oxygen atoms in total. The maximum Gasteiger partial charge on any atom is 0.267 e. The van der Waals surface area contributed by atoms with Crippen molar-refractivity contribution in [2.75, 3.05) is 0 Å². The number of hydrogen-bond donors (Lipinski definition) is 1. The van der Waals surface area contributed by atoms with Crippen LogP contribution in [-0.2, 0) is 0 Å². The molecule has 0 unspecified atom stereocenters. The molecule has 0 radical (unpaired) electrons. The van der Waals surface area contributed by atoms with Gasteiger partial charge in [-0.25, -0.2) is 13.8 Å². The summed E-state index contributed by atoms with van der Waals surface area (Å²) < 4.78 is 24.5. The monoisotopic (exact) mass is 197 g/mol. The lowest BCUT2D eigenvalue weighted by molar-refractivity contribution is 0.0994. The molecule has 1 rings (SSSR count). The number of halogens is 2. The topological polar surface area (TPSA) is 79.8 Å². The average Bonchev–Trinajstić information content (AvgIpc) is 2.16. The van der Waals surface area contributed by atoms with E-state index in [1.54, 1.807) is 0 Å². The Labute approximate surface area is 78.0 Å². The summed E-state index contributed by atoms with van der Waals surface area (Å²) in [5.74, 6) is -0.859. The smallest absolute Gasteiger partial charge is 0.267 e. The van der Waals surface area contributed by atoms with E-state index in [1.807, 2.05) is 0 Å². The maximum atomic E-state index is 12.2. The Hall–Kier alpha value is -2.03. The number of nitriles is 1. The predicted octanol–water partition coefficient (Wildman–Crippen LogP) is 0.990. The number of carbonyl (C=O) groups excluding carboxylic acids is 1. The van der Waals surface area contributed by atoms with Crippen molar-refractivity contribution in [3.63, 3.8) is 0 Å². The van der Waals surface area contributed by atoms with Crippen LogP contribution >= 0.6 is 0 Å². The average molecular weight is 197 g/mol. The second-order valence-electron chi connectivity index (χ2n) is 2.41. The Bertz CT molecular complexity index is 412. The van der Waals surface area contributed by atoms with Crippen LogP contribution in [0.15, 0.2) is 12.1 Å². The molecule has 0 aliphatic rings. The lowest BCUT2D eigenvalue weighted by Crippen LogP contribution is -2.14. The quantitative estimate of drug-likeness (QED) is 0.767. The highest BCUT2D eigenvalue weighted by Gasteiger charge is 2.15. The summed E-state index contributed by atoms with van der Waals surface area (Å²) >= 11 is 0. The molecule has 14 heavy (non-hydrogen) atoms. The first-order valence-corrected chi connectivity index (χ1v) is 3.55. The van der Waals surface area contributed by atoms with Crippen molar-refractivity contribution in [3.05, 3.63) is 29.1 Å². The zero-order valence-electron chi connectivity index (χ0n) is 6.87. The normalized spacial score (nSPS) is 9.86. The van der Waals surface area contributed by atoms with Crippen molar-refractivity contribution < 1.29 is 13.6 Å². The third kappa shape index (κ3) is 1.82. The number of nitrogens with zero attached hydrogens (tertiary/aromatic N) is 2. The minimum atomic E-state index is -2.79. The highest BCUT2D eigenvalue weighted by molar-refractivity contribution is 5.90. The Morgan fingerprint density at radius 3 is 2.64 bits per heavy atom. The largest absolute Gasteiger partial charge is 0.364 e. The zero-order chi connectivity index (χ0) is 10.7. The molecule has 0 saturated carbocycles. The molecule has 0 saturated heterocycles. The zero-order valence-corrected chi connectivity index (χ0v) is 6.87. The van der Waals surface area contributed by atoms with E-state index in [0.717, 1.165) is 12.1 Å². The molecule has 0 aliphatic carbocycles. The summed E-state index contributed by atoms with van der Waals surface area (Å²) in [6.45, 7) is 0. The Balaban J connectivity index is 3.27. The van der Waals surface area contributed by atoms with Gasteiger partial charge in [0.05, 0.1) is 5.56 Å². The van der Waals surface area contributed by atoms with Crippen molar-refractivity contribution >= 4 is 5.91 Å². The second-order valence-corrected chi connectivity index (χ2v) is 2.41. The number of primary amides is 1. The minimum absolute atomic E-state index is 0.203. The van der Waals surface area contributed by atoms with Crippen LogP contribution in [0.5, 0.6) is 0 Å². The number of hydrogen-bond acceptors (Lipinski definition) is 3. The standard InChI is InChI=1S/C8H5F2N3O/c9-7(10)4-1-2-5(8(12)14)13-6(4)3-11/h1-2,7H,(H2,12,14). The van der Waals surface area contributed by atoms with Crippen LogP contribution in [0.4, 0.5) is 8.78 Å². The van der Waals surface area contributed by atoms with E-state index < -0.39 is 23.6 Å². The van der Waals surface area contributed by atoms with Gasteiger partial charge in [-0.2, -0.15) is 5.26 Å². The van der Waals surface area contributed by atoms with Crippen LogP contribution in [0.2, 0.25) is 0 Å². The van der Waals surface area contributed by atoms with Crippen molar-refractivity contribution in [2.45, 2.75) is 6.43 Å². The number of rotatable bonds is 2. The van der Waals surface area contributed by atoms with Crippen molar-refractivity contribution in [1.82, 2.24) is 4.98 Å². The third-order valence-electron chi connectivity index (χ3n) is 1.52. The summed E-state index contributed by atoms with van der Waals surface area (Å²) in [6.07, 6.45) is -2.79. The fraction of sp³-hybridized carbons (Fsp3) is 0.125. The van der Waals surface area contributed by atoms with Gasteiger partial charge < -0.3 is 5.73 Å². The lowest BCUT2D eigenvalue weighted by Gasteiger charge is -2.02. The van der Waals surface area contributed by atoms with Gasteiger partial charge in [0.2, 0.25) is 0 Å². The second kappa shape index (κ2) is 3.79. The molecule has 1 aromatic heterocycles. The van der Waals surface area contributed by atoms with Crippen LogP contribution in [0.25, 0.3) is 0 Å².